The summed E-state index contributed by atoms with van der Waals surface area (Å²) in [6.45, 7) is 5.57. The van der Waals surface area contributed by atoms with Gasteiger partial charge in [0.1, 0.15) is 22.2 Å². The van der Waals surface area contributed by atoms with Crippen LogP contribution in [-0.4, -0.2) is 25.4 Å². The van der Waals surface area contributed by atoms with Gasteiger partial charge in [-0.15, -0.1) is 0 Å². The number of furan rings is 1. The van der Waals surface area contributed by atoms with E-state index < -0.39 is 16.1 Å². The molecule has 21 heavy (non-hydrogen) atoms. The Balaban J connectivity index is 2.36. The van der Waals surface area contributed by atoms with Crippen LogP contribution in [0.15, 0.2) is 21.7 Å². The SMILES string of the molecule is CNCc1c(C)oc(C)c1S(=O)(=O)NC(C)c1ncc[nH]1. The van der Waals surface area contributed by atoms with Gasteiger partial charge in [0.2, 0.25) is 10.0 Å². The molecule has 0 fully saturated rings. The molecular weight excluding hydrogens is 292 g/mol. The highest BCUT2D eigenvalue weighted by molar-refractivity contribution is 7.89. The Bertz CT molecular complexity index is 704. The molecule has 2 rings (SSSR count). The van der Waals surface area contributed by atoms with Crippen molar-refractivity contribution in [1.29, 1.82) is 0 Å². The first-order valence-corrected chi connectivity index (χ1v) is 8.10. The van der Waals surface area contributed by atoms with Crippen LogP contribution in [0.4, 0.5) is 0 Å². The number of nitrogens with zero attached hydrogens (tertiary/aromatic N) is 1. The first kappa shape index (κ1) is 15.7. The lowest BCUT2D eigenvalue weighted by Gasteiger charge is -2.13. The Labute approximate surface area is 124 Å². The molecule has 0 spiro atoms. The van der Waals surface area contributed by atoms with Crippen LogP contribution in [0, 0.1) is 13.8 Å². The van der Waals surface area contributed by atoms with E-state index in [0.29, 0.717) is 29.5 Å². The molecule has 2 heterocycles. The second-order valence-corrected chi connectivity index (χ2v) is 6.52. The summed E-state index contributed by atoms with van der Waals surface area (Å²) in [4.78, 5) is 7.16. The Hall–Kier alpha value is -1.64. The fourth-order valence-electron chi connectivity index (χ4n) is 2.30. The van der Waals surface area contributed by atoms with Crippen molar-refractivity contribution in [2.24, 2.45) is 0 Å². The van der Waals surface area contributed by atoms with Crippen molar-refractivity contribution in [3.8, 4) is 0 Å². The number of sulfonamides is 1. The Morgan fingerprint density at radius 1 is 1.38 bits per heavy atom. The highest BCUT2D eigenvalue weighted by Gasteiger charge is 2.28. The van der Waals surface area contributed by atoms with Gasteiger partial charge in [-0.1, -0.05) is 0 Å². The lowest BCUT2D eigenvalue weighted by atomic mass is 10.2. The molecule has 2 aromatic rings. The molecule has 0 aliphatic carbocycles. The number of H-pyrrole nitrogens is 1. The lowest BCUT2D eigenvalue weighted by molar-refractivity contribution is 0.492. The number of nitrogens with one attached hydrogen (secondary N) is 3. The van der Waals surface area contributed by atoms with Crippen molar-refractivity contribution in [3.05, 3.63) is 35.3 Å². The second kappa shape index (κ2) is 6.00. The normalized spacial score (nSPS) is 13.5. The van der Waals surface area contributed by atoms with Crippen LogP contribution in [0.5, 0.6) is 0 Å². The number of hydrogen-bond acceptors (Lipinski definition) is 5. The molecule has 3 N–H and O–H groups in total. The minimum absolute atomic E-state index is 0.202. The number of rotatable bonds is 6. The van der Waals surface area contributed by atoms with Gasteiger partial charge in [0.15, 0.2) is 0 Å². The lowest BCUT2D eigenvalue weighted by Crippen LogP contribution is -2.29. The zero-order chi connectivity index (χ0) is 15.6. The van der Waals surface area contributed by atoms with Gasteiger partial charge in [-0.3, -0.25) is 0 Å². The summed E-state index contributed by atoms with van der Waals surface area (Å²) in [5.41, 5.74) is 0.647. The third-order valence-electron chi connectivity index (χ3n) is 3.21. The quantitative estimate of drug-likeness (QED) is 0.748. The second-order valence-electron chi connectivity index (χ2n) is 4.87. The monoisotopic (exact) mass is 312 g/mol. The predicted octanol–water partition coefficient (Wildman–Crippen LogP) is 1.38. The maximum absolute atomic E-state index is 12.6. The number of aromatic amines is 1. The van der Waals surface area contributed by atoms with Crippen LogP contribution >= 0.6 is 0 Å². The Morgan fingerprint density at radius 3 is 2.67 bits per heavy atom. The molecule has 0 amide bonds. The van der Waals surface area contributed by atoms with E-state index in [1.165, 1.54) is 0 Å². The molecule has 0 aromatic carbocycles. The van der Waals surface area contributed by atoms with Crippen molar-refractivity contribution < 1.29 is 12.8 Å². The van der Waals surface area contributed by atoms with E-state index in [1.54, 1.807) is 40.2 Å². The molecule has 0 saturated heterocycles. The molecule has 1 atom stereocenters. The van der Waals surface area contributed by atoms with Crippen LogP contribution in [0.25, 0.3) is 0 Å². The van der Waals surface area contributed by atoms with E-state index in [4.69, 9.17) is 4.42 Å². The van der Waals surface area contributed by atoms with Crippen LogP contribution in [0.3, 0.4) is 0 Å². The molecule has 2 aromatic heterocycles. The smallest absolute Gasteiger partial charge is 0.245 e. The zero-order valence-electron chi connectivity index (χ0n) is 12.5. The van der Waals surface area contributed by atoms with Crippen molar-refractivity contribution in [1.82, 2.24) is 20.0 Å². The van der Waals surface area contributed by atoms with Crippen molar-refractivity contribution in [3.63, 3.8) is 0 Å². The van der Waals surface area contributed by atoms with Crippen molar-refractivity contribution >= 4 is 10.0 Å². The molecule has 116 valence electrons. The molecule has 0 saturated carbocycles. The summed E-state index contributed by atoms with van der Waals surface area (Å²) >= 11 is 0. The van der Waals surface area contributed by atoms with Gasteiger partial charge in [0.25, 0.3) is 0 Å². The minimum atomic E-state index is -3.69. The highest BCUT2D eigenvalue weighted by atomic mass is 32.2. The summed E-state index contributed by atoms with van der Waals surface area (Å²) in [6, 6.07) is -0.456. The van der Waals surface area contributed by atoms with Gasteiger partial charge in [0, 0.05) is 24.5 Å². The van der Waals surface area contributed by atoms with E-state index in [0.717, 1.165) is 0 Å². The number of aryl methyl sites for hydroxylation is 2. The summed E-state index contributed by atoms with van der Waals surface area (Å²) in [7, 11) is -1.93. The number of hydrogen-bond donors (Lipinski definition) is 3. The largest absolute Gasteiger partial charge is 0.465 e. The number of aromatic nitrogens is 2. The third-order valence-corrected chi connectivity index (χ3v) is 4.94. The average Bonchev–Trinajstić information content (AvgIpc) is 2.98. The molecule has 8 heteroatoms. The standard InChI is InChI=1S/C13H20N4O3S/c1-8(13-15-5-6-16-13)17-21(18,19)12-10(3)20-9(2)11(12)7-14-4/h5-6,8,14,17H,7H2,1-4H3,(H,15,16). The Kier molecular flexibility index (Phi) is 4.50. The van der Waals surface area contributed by atoms with Gasteiger partial charge in [-0.2, -0.15) is 0 Å². The van der Waals surface area contributed by atoms with Crippen LogP contribution in [-0.2, 0) is 16.6 Å². The van der Waals surface area contributed by atoms with Crippen LogP contribution < -0.4 is 10.0 Å². The molecule has 0 aliphatic heterocycles. The maximum atomic E-state index is 12.6. The van der Waals surface area contributed by atoms with E-state index >= 15 is 0 Å². The summed E-state index contributed by atoms with van der Waals surface area (Å²) in [5, 5.41) is 2.96. The fourth-order valence-corrected chi connectivity index (χ4v) is 3.96. The Morgan fingerprint density at radius 2 is 2.10 bits per heavy atom. The molecule has 1 unspecified atom stereocenters. The zero-order valence-corrected chi connectivity index (χ0v) is 13.3. The summed E-state index contributed by atoms with van der Waals surface area (Å²) < 4.78 is 33.3. The van der Waals surface area contributed by atoms with Gasteiger partial charge in [-0.05, 0) is 27.8 Å². The van der Waals surface area contributed by atoms with E-state index in [9.17, 15) is 8.42 Å². The average molecular weight is 312 g/mol. The third kappa shape index (κ3) is 3.17. The van der Waals surface area contributed by atoms with Gasteiger partial charge in [0.05, 0.1) is 6.04 Å². The fraction of sp³-hybridized carbons (Fsp3) is 0.462. The van der Waals surface area contributed by atoms with E-state index in [1.807, 2.05) is 0 Å². The maximum Gasteiger partial charge on any atom is 0.245 e. The molecule has 0 aliphatic rings. The van der Waals surface area contributed by atoms with Crippen LogP contribution in [0.1, 0.15) is 35.9 Å². The highest BCUT2D eigenvalue weighted by Crippen LogP contribution is 2.27. The topological polar surface area (TPSA) is 100 Å². The minimum Gasteiger partial charge on any atom is -0.465 e. The van der Waals surface area contributed by atoms with Crippen molar-refractivity contribution in [2.45, 2.75) is 38.3 Å². The van der Waals surface area contributed by atoms with E-state index in [-0.39, 0.29) is 4.90 Å². The first-order valence-electron chi connectivity index (χ1n) is 6.62. The van der Waals surface area contributed by atoms with Gasteiger partial charge < -0.3 is 14.7 Å². The summed E-state index contributed by atoms with van der Waals surface area (Å²) in [6.07, 6.45) is 3.24. The molecular formula is C13H20N4O3S. The predicted molar refractivity (Wildman–Crippen MR) is 78.3 cm³/mol. The van der Waals surface area contributed by atoms with Crippen molar-refractivity contribution in [2.75, 3.05) is 7.05 Å². The molecule has 0 radical (unpaired) electrons. The van der Waals surface area contributed by atoms with E-state index in [2.05, 4.69) is 20.0 Å². The van der Waals surface area contributed by atoms with Crippen LogP contribution in [0.2, 0.25) is 0 Å². The number of imidazole rings is 1. The van der Waals surface area contributed by atoms with Gasteiger partial charge in [-0.25, -0.2) is 18.1 Å². The van der Waals surface area contributed by atoms with Gasteiger partial charge >= 0.3 is 0 Å². The molecule has 0 bridgehead atoms. The first-order chi connectivity index (χ1) is 9.86. The summed E-state index contributed by atoms with van der Waals surface area (Å²) in [5.74, 6) is 1.55. The molecule has 7 nitrogen and oxygen atoms in total.